The van der Waals surface area contributed by atoms with E-state index in [2.05, 4.69) is 5.32 Å². The fraction of sp³-hybridized carbons (Fsp3) is 0.529. The summed E-state index contributed by atoms with van der Waals surface area (Å²) in [6, 6.07) is 7.70. The molecule has 122 valence electrons. The number of rotatable bonds is 8. The number of carboxylic acid groups (broad SMARTS) is 1. The maximum Gasteiger partial charge on any atom is 0.329 e. The monoisotopic (exact) mass is 307 g/mol. The molecule has 0 aromatic heterocycles. The molecule has 0 fully saturated rings. The molecule has 2 atom stereocenters. The fourth-order valence-corrected chi connectivity index (χ4v) is 2.29. The summed E-state index contributed by atoms with van der Waals surface area (Å²) in [4.78, 5) is 23.3. The van der Waals surface area contributed by atoms with Gasteiger partial charge in [-0.3, -0.25) is 4.79 Å². The average molecular weight is 307 g/mol. The van der Waals surface area contributed by atoms with Crippen LogP contribution in [0.3, 0.4) is 0 Å². The minimum Gasteiger partial charge on any atom is -0.496 e. The third-order valence-electron chi connectivity index (χ3n) is 3.89. The maximum atomic E-state index is 12.1. The van der Waals surface area contributed by atoms with Crippen LogP contribution in [-0.2, 0) is 16.0 Å². The van der Waals surface area contributed by atoms with Crippen molar-refractivity contribution in [3.8, 4) is 5.75 Å². The first-order valence-electron chi connectivity index (χ1n) is 7.48. The number of amides is 1. The highest BCUT2D eigenvalue weighted by Crippen LogP contribution is 2.22. The van der Waals surface area contributed by atoms with Gasteiger partial charge in [0.1, 0.15) is 11.3 Å². The van der Waals surface area contributed by atoms with E-state index in [1.54, 1.807) is 14.0 Å². The molecule has 1 rings (SSSR count). The largest absolute Gasteiger partial charge is 0.496 e. The van der Waals surface area contributed by atoms with Gasteiger partial charge in [0.05, 0.1) is 7.11 Å². The number of methoxy groups -OCH3 is 1. The zero-order chi connectivity index (χ0) is 16.8. The van der Waals surface area contributed by atoms with Crippen LogP contribution >= 0.6 is 0 Å². The van der Waals surface area contributed by atoms with Crippen LogP contribution in [0.25, 0.3) is 0 Å². The zero-order valence-electron chi connectivity index (χ0n) is 13.7. The van der Waals surface area contributed by atoms with Crippen molar-refractivity contribution in [1.29, 1.82) is 0 Å². The first kappa shape index (κ1) is 18.0. The van der Waals surface area contributed by atoms with Crippen LogP contribution in [-0.4, -0.2) is 29.6 Å². The lowest BCUT2D eigenvalue weighted by Gasteiger charge is -2.25. The van der Waals surface area contributed by atoms with Crippen molar-refractivity contribution >= 4 is 11.9 Å². The summed E-state index contributed by atoms with van der Waals surface area (Å²) in [6.45, 7) is 5.24. The van der Waals surface area contributed by atoms with Gasteiger partial charge in [0.2, 0.25) is 5.91 Å². The maximum absolute atomic E-state index is 12.1. The van der Waals surface area contributed by atoms with Gasteiger partial charge in [0.25, 0.3) is 0 Å². The van der Waals surface area contributed by atoms with Crippen molar-refractivity contribution in [3.05, 3.63) is 29.8 Å². The van der Waals surface area contributed by atoms with Crippen LogP contribution in [0.5, 0.6) is 5.75 Å². The van der Waals surface area contributed by atoms with Crippen LogP contribution in [0, 0.1) is 5.92 Å². The number of ether oxygens (including phenoxy) is 1. The summed E-state index contributed by atoms with van der Waals surface area (Å²) in [6.07, 6.45) is 1.32. The number of para-hydroxylation sites is 1. The molecule has 0 spiro atoms. The zero-order valence-corrected chi connectivity index (χ0v) is 13.7. The fourth-order valence-electron chi connectivity index (χ4n) is 2.29. The van der Waals surface area contributed by atoms with Gasteiger partial charge in [0.15, 0.2) is 0 Å². The highest BCUT2D eigenvalue weighted by Gasteiger charge is 2.32. The van der Waals surface area contributed by atoms with Crippen molar-refractivity contribution in [2.75, 3.05) is 7.11 Å². The average Bonchev–Trinajstić information content (AvgIpc) is 2.47. The number of carbonyl (C=O) groups is 2. The van der Waals surface area contributed by atoms with E-state index in [9.17, 15) is 14.7 Å². The van der Waals surface area contributed by atoms with E-state index >= 15 is 0 Å². The van der Waals surface area contributed by atoms with Crippen molar-refractivity contribution in [2.45, 2.75) is 45.6 Å². The van der Waals surface area contributed by atoms with Gasteiger partial charge in [-0.05, 0) is 37.3 Å². The SMILES string of the molecule is CCC(C)(NC(=O)CC(C)Cc1ccccc1OC)C(=O)O. The Morgan fingerprint density at radius 3 is 2.55 bits per heavy atom. The Kier molecular flexibility index (Phi) is 6.40. The minimum atomic E-state index is -1.21. The highest BCUT2D eigenvalue weighted by atomic mass is 16.5. The van der Waals surface area contributed by atoms with Crippen molar-refractivity contribution < 1.29 is 19.4 Å². The van der Waals surface area contributed by atoms with E-state index < -0.39 is 11.5 Å². The molecule has 1 aromatic carbocycles. The Hall–Kier alpha value is -2.04. The summed E-state index contributed by atoms with van der Waals surface area (Å²) < 4.78 is 5.30. The van der Waals surface area contributed by atoms with Crippen molar-refractivity contribution in [2.24, 2.45) is 5.92 Å². The molecule has 0 saturated carbocycles. The highest BCUT2D eigenvalue weighted by molar-refractivity contribution is 5.86. The van der Waals surface area contributed by atoms with Crippen LogP contribution in [0.1, 0.15) is 39.2 Å². The Bertz CT molecular complexity index is 529. The van der Waals surface area contributed by atoms with E-state index in [-0.39, 0.29) is 18.2 Å². The molecule has 0 aliphatic rings. The standard InChI is InChI=1S/C17H25NO4/c1-5-17(3,16(20)21)18-15(19)11-12(2)10-13-8-6-7-9-14(13)22-4/h6-9,12H,5,10-11H2,1-4H3,(H,18,19)(H,20,21). The Morgan fingerprint density at radius 1 is 1.36 bits per heavy atom. The molecule has 0 aliphatic carbocycles. The second kappa shape index (κ2) is 7.82. The molecule has 1 amide bonds. The predicted molar refractivity (Wildman–Crippen MR) is 85.0 cm³/mol. The van der Waals surface area contributed by atoms with Crippen LogP contribution in [0.4, 0.5) is 0 Å². The molecule has 22 heavy (non-hydrogen) atoms. The molecule has 5 nitrogen and oxygen atoms in total. The smallest absolute Gasteiger partial charge is 0.329 e. The number of nitrogens with one attached hydrogen (secondary N) is 1. The van der Waals surface area contributed by atoms with Crippen LogP contribution < -0.4 is 10.1 Å². The summed E-state index contributed by atoms with van der Waals surface area (Å²) in [5.74, 6) is -0.361. The van der Waals surface area contributed by atoms with Gasteiger partial charge in [-0.2, -0.15) is 0 Å². The van der Waals surface area contributed by atoms with Gasteiger partial charge in [0, 0.05) is 6.42 Å². The molecule has 2 unspecified atom stereocenters. The molecule has 0 radical (unpaired) electrons. The van der Waals surface area contributed by atoms with E-state index in [1.807, 2.05) is 31.2 Å². The topological polar surface area (TPSA) is 75.6 Å². The van der Waals surface area contributed by atoms with E-state index in [1.165, 1.54) is 6.92 Å². The Morgan fingerprint density at radius 2 is 2.00 bits per heavy atom. The summed E-state index contributed by atoms with van der Waals surface area (Å²) in [7, 11) is 1.62. The quantitative estimate of drug-likeness (QED) is 0.774. The van der Waals surface area contributed by atoms with Crippen molar-refractivity contribution in [1.82, 2.24) is 5.32 Å². The lowest BCUT2D eigenvalue weighted by atomic mass is 9.95. The second-order valence-corrected chi connectivity index (χ2v) is 5.86. The number of carbonyl (C=O) groups excluding carboxylic acids is 1. The lowest BCUT2D eigenvalue weighted by Crippen LogP contribution is -2.52. The lowest BCUT2D eigenvalue weighted by molar-refractivity contribution is -0.147. The van der Waals surface area contributed by atoms with Gasteiger partial charge < -0.3 is 15.2 Å². The van der Waals surface area contributed by atoms with Crippen molar-refractivity contribution in [3.63, 3.8) is 0 Å². The number of hydrogen-bond acceptors (Lipinski definition) is 3. The first-order chi connectivity index (χ1) is 10.3. The minimum absolute atomic E-state index is 0.0891. The van der Waals surface area contributed by atoms with E-state index in [0.717, 1.165) is 11.3 Å². The number of carboxylic acids is 1. The molecule has 2 N–H and O–H groups in total. The van der Waals surface area contributed by atoms with Gasteiger partial charge in [-0.1, -0.05) is 32.0 Å². The predicted octanol–water partition coefficient (Wildman–Crippen LogP) is 2.63. The van der Waals surface area contributed by atoms with E-state index in [0.29, 0.717) is 12.8 Å². The summed E-state index contributed by atoms with van der Waals surface area (Å²) >= 11 is 0. The van der Waals surface area contributed by atoms with Crippen LogP contribution in [0.2, 0.25) is 0 Å². The second-order valence-electron chi connectivity index (χ2n) is 5.86. The van der Waals surface area contributed by atoms with Gasteiger partial charge in [-0.25, -0.2) is 4.79 Å². The van der Waals surface area contributed by atoms with E-state index in [4.69, 9.17) is 4.74 Å². The van der Waals surface area contributed by atoms with Gasteiger partial charge in [-0.15, -0.1) is 0 Å². The van der Waals surface area contributed by atoms with Crippen LogP contribution in [0.15, 0.2) is 24.3 Å². The molecule has 0 aliphatic heterocycles. The third-order valence-corrected chi connectivity index (χ3v) is 3.89. The number of benzene rings is 1. The molecule has 0 heterocycles. The number of aliphatic carboxylic acids is 1. The summed E-state index contributed by atoms with van der Waals surface area (Å²) in [5.41, 5.74) is -0.164. The normalized spacial score (nSPS) is 14.7. The Labute approximate surface area is 131 Å². The molecule has 1 aromatic rings. The van der Waals surface area contributed by atoms with Gasteiger partial charge >= 0.3 is 5.97 Å². The third kappa shape index (κ3) is 4.76. The summed E-state index contributed by atoms with van der Waals surface area (Å²) in [5, 5.41) is 11.8. The molecular weight excluding hydrogens is 282 g/mol. The first-order valence-corrected chi connectivity index (χ1v) is 7.48. The molecule has 0 saturated heterocycles. The molecule has 5 heteroatoms. The number of hydrogen-bond donors (Lipinski definition) is 2. The Balaban J connectivity index is 2.63. The molecular formula is C17H25NO4. The molecule has 0 bridgehead atoms.